The first-order valence-electron chi connectivity index (χ1n) is 17.3. The third-order valence-corrected chi connectivity index (χ3v) is 13.6. The Labute approximate surface area is 349 Å². The third-order valence-electron chi connectivity index (χ3n) is 8.63. The number of hydrogen-bond acceptors (Lipinski definition) is 18. The van der Waals surface area contributed by atoms with Crippen molar-refractivity contribution in [1.82, 2.24) is 58.7 Å². The summed E-state index contributed by atoms with van der Waals surface area (Å²) in [5.41, 5.74) is 8.30. The summed E-state index contributed by atoms with van der Waals surface area (Å²) >= 11 is 8.71. The summed E-state index contributed by atoms with van der Waals surface area (Å²) in [5.74, 6) is 1.91. The van der Waals surface area contributed by atoms with E-state index in [2.05, 4.69) is 67.0 Å². The van der Waals surface area contributed by atoms with E-state index in [0.717, 1.165) is 95.1 Å². The van der Waals surface area contributed by atoms with Gasteiger partial charge in [0.25, 0.3) is 0 Å². The van der Waals surface area contributed by atoms with E-state index in [0.29, 0.717) is 17.5 Å². The van der Waals surface area contributed by atoms with Crippen LogP contribution in [0.25, 0.3) is 97.6 Å². The van der Waals surface area contributed by atoms with E-state index in [1.807, 2.05) is 75.4 Å². The van der Waals surface area contributed by atoms with E-state index in [1.165, 1.54) is 34.6 Å². The first kappa shape index (κ1) is 35.6. The van der Waals surface area contributed by atoms with Crippen LogP contribution in [0.3, 0.4) is 0 Å². The highest BCUT2D eigenvalue weighted by Gasteiger charge is 2.19. The monoisotopic (exact) mass is 852 g/mol. The Morgan fingerprint density at radius 1 is 0.316 bits per heavy atom. The van der Waals surface area contributed by atoms with Crippen LogP contribution in [0.1, 0.15) is 15.0 Å². The molecule has 0 aliphatic rings. The average Bonchev–Trinajstić information content (AvgIpc) is 4.10. The fraction of sp³-hybridized carbons (Fsp3) is 0.0769. The Bertz CT molecular complexity index is 2730. The molecule has 0 saturated carbocycles. The van der Waals surface area contributed by atoms with Gasteiger partial charge < -0.3 is 0 Å². The zero-order chi connectivity index (χ0) is 38.5. The van der Waals surface area contributed by atoms with Gasteiger partial charge in [-0.25, -0.2) is 15.0 Å². The molecule has 0 atom stereocenters. The minimum Gasteiger partial charge on any atom is -0.215 e. The van der Waals surface area contributed by atoms with Crippen LogP contribution >= 0.6 is 68.6 Å². The average molecular weight is 853 g/mol. The lowest BCUT2D eigenvalue weighted by molar-refractivity contribution is 1.05. The van der Waals surface area contributed by atoms with Gasteiger partial charge in [0.2, 0.25) is 0 Å². The summed E-state index contributed by atoms with van der Waals surface area (Å²) in [6.07, 6.45) is 0. The molecule has 0 spiro atoms. The molecule has 12 nitrogen and oxygen atoms in total. The topological polar surface area (TPSA) is 155 Å². The van der Waals surface area contributed by atoms with Gasteiger partial charge in [0, 0.05) is 50.1 Å². The number of hydrogen-bond donors (Lipinski definition) is 0. The van der Waals surface area contributed by atoms with Gasteiger partial charge in [-0.3, -0.25) is 0 Å². The summed E-state index contributed by atoms with van der Waals surface area (Å²) in [6, 6.07) is 30.6. The van der Waals surface area contributed by atoms with Crippen molar-refractivity contribution in [1.29, 1.82) is 0 Å². The molecule has 6 heterocycles. The molecule has 10 rings (SSSR count). The molecule has 0 unspecified atom stereocenters. The molecule has 0 aliphatic carbocycles. The molecule has 10 aromatic rings. The van der Waals surface area contributed by atoms with Crippen molar-refractivity contribution in [3.05, 3.63) is 106 Å². The summed E-state index contributed by atoms with van der Waals surface area (Å²) in [7, 11) is 0. The zero-order valence-corrected chi connectivity index (χ0v) is 34.9. The molecule has 0 bridgehead atoms. The van der Waals surface area contributed by atoms with Crippen LogP contribution in [0.15, 0.2) is 91.0 Å². The van der Waals surface area contributed by atoms with E-state index in [-0.39, 0.29) is 0 Å². The second-order valence-electron chi connectivity index (χ2n) is 12.7. The van der Waals surface area contributed by atoms with E-state index >= 15 is 0 Å². The molecule has 18 heteroatoms. The predicted molar refractivity (Wildman–Crippen MR) is 230 cm³/mol. The fourth-order valence-corrected chi connectivity index (χ4v) is 10.1. The van der Waals surface area contributed by atoms with Gasteiger partial charge in [0.1, 0.15) is 45.1 Å². The molecule has 0 N–H and O–H groups in total. The van der Waals surface area contributed by atoms with Crippen molar-refractivity contribution < 1.29 is 0 Å². The molecule has 6 aromatic heterocycles. The zero-order valence-electron chi connectivity index (χ0n) is 30.0. The van der Waals surface area contributed by atoms with Crippen molar-refractivity contribution in [3.63, 3.8) is 0 Å². The SMILES string of the molecule is Cc1nnc(-c2cccc(-c3nsc(-c4cc(-c5nc(-c6cccc(-c7nnc(C)s7)c6)ns5)cc(-c5nc(-c6cccc(-c7nnc(C)s7)c6)ns5)c4)n3)c2)s1. The highest BCUT2D eigenvalue weighted by atomic mass is 32.1. The van der Waals surface area contributed by atoms with Crippen LogP contribution in [0.2, 0.25) is 0 Å². The highest BCUT2D eigenvalue weighted by molar-refractivity contribution is 7.15. The van der Waals surface area contributed by atoms with Crippen LogP contribution in [0.4, 0.5) is 0 Å². The minimum absolute atomic E-state index is 0.637. The normalized spacial score (nSPS) is 11.4. The van der Waals surface area contributed by atoms with Crippen LogP contribution in [0, 0.1) is 20.8 Å². The largest absolute Gasteiger partial charge is 0.215 e. The highest BCUT2D eigenvalue weighted by Crippen LogP contribution is 2.38. The van der Waals surface area contributed by atoms with E-state index in [1.54, 1.807) is 34.0 Å². The Morgan fingerprint density at radius 3 is 0.877 bits per heavy atom. The minimum atomic E-state index is 0.637. The fourth-order valence-electron chi connectivity index (χ4n) is 5.99. The molecule has 57 heavy (non-hydrogen) atoms. The maximum absolute atomic E-state index is 5.04. The van der Waals surface area contributed by atoms with Gasteiger partial charge in [0.05, 0.1) is 0 Å². The smallest absolute Gasteiger partial charge is 0.173 e. The van der Waals surface area contributed by atoms with E-state index < -0.39 is 0 Å². The van der Waals surface area contributed by atoms with Crippen molar-refractivity contribution in [3.8, 4) is 97.6 Å². The van der Waals surface area contributed by atoms with Gasteiger partial charge in [-0.2, -0.15) is 13.1 Å². The summed E-state index contributed by atoms with van der Waals surface area (Å²) < 4.78 is 14.4. The molecule has 0 fully saturated rings. The molecule has 276 valence electrons. The number of benzene rings is 4. The van der Waals surface area contributed by atoms with Crippen molar-refractivity contribution >= 4 is 68.6 Å². The molecule has 0 saturated heterocycles. The van der Waals surface area contributed by atoms with Gasteiger partial charge in [-0.05, 0) is 91.8 Å². The van der Waals surface area contributed by atoms with Crippen LogP contribution in [-0.4, -0.2) is 58.7 Å². The predicted octanol–water partition coefficient (Wildman–Crippen LogP) is 10.7. The lowest BCUT2D eigenvalue weighted by Gasteiger charge is -2.05. The van der Waals surface area contributed by atoms with Crippen molar-refractivity contribution in [2.45, 2.75) is 20.8 Å². The summed E-state index contributed by atoms with van der Waals surface area (Å²) in [6.45, 7) is 5.85. The number of rotatable bonds is 9. The Morgan fingerprint density at radius 2 is 0.596 bits per heavy atom. The molecule has 4 aromatic carbocycles. The first-order chi connectivity index (χ1) is 27.9. The standard InChI is InChI=1S/C39H24N12S6/c1-19-43-46-37(52-19)25-10-4-7-22(13-25)31-40-34(55-49-31)28-16-29(35-41-32(50-56-35)23-8-5-11-26(14-23)38-47-44-20(2)53-38)18-30(17-28)36-42-33(51-57-36)24-9-6-12-27(15-24)39-48-45-21(3)54-39/h4-18H,1-3H3. The molecular weight excluding hydrogens is 829 g/mol. The first-order valence-corrected chi connectivity index (χ1v) is 22.1. The lowest BCUT2D eigenvalue weighted by atomic mass is 10.1. The molecular formula is C39H24N12S6. The third kappa shape index (κ3) is 7.34. The summed E-state index contributed by atoms with van der Waals surface area (Å²) in [4.78, 5) is 15.1. The number of nitrogens with zero attached hydrogens (tertiary/aromatic N) is 12. The number of aryl methyl sites for hydroxylation is 3. The Kier molecular flexibility index (Phi) is 9.35. The van der Waals surface area contributed by atoms with E-state index in [9.17, 15) is 0 Å². The maximum Gasteiger partial charge on any atom is 0.173 e. The van der Waals surface area contributed by atoms with Crippen molar-refractivity contribution in [2.24, 2.45) is 0 Å². The van der Waals surface area contributed by atoms with Gasteiger partial charge in [-0.1, -0.05) is 88.6 Å². The molecule has 0 radical (unpaired) electrons. The van der Waals surface area contributed by atoms with Crippen LogP contribution < -0.4 is 0 Å². The van der Waals surface area contributed by atoms with Crippen LogP contribution in [0.5, 0.6) is 0 Å². The second-order valence-corrected chi connectivity index (χ2v) is 18.5. The summed E-state index contributed by atoms with van der Waals surface area (Å²) in [5, 5.41) is 33.2. The Balaban J connectivity index is 1.03. The quantitative estimate of drug-likeness (QED) is 0.136. The lowest BCUT2D eigenvalue weighted by Crippen LogP contribution is -1.88. The Hall–Kier alpha value is -5.76. The molecule has 0 amide bonds. The van der Waals surface area contributed by atoms with Gasteiger partial charge >= 0.3 is 0 Å². The molecule has 0 aliphatic heterocycles. The maximum atomic E-state index is 5.04. The van der Waals surface area contributed by atoms with Gasteiger partial charge in [0.15, 0.2) is 17.5 Å². The van der Waals surface area contributed by atoms with Gasteiger partial charge in [-0.15, -0.1) is 30.6 Å². The second kappa shape index (κ2) is 15.0. The van der Waals surface area contributed by atoms with E-state index in [4.69, 9.17) is 28.1 Å². The van der Waals surface area contributed by atoms with Crippen molar-refractivity contribution in [2.75, 3.05) is 0 Å². The van der Waals surface area contributed by atoms with Crippen LogP contribution in [-0.2, 0) is 0 Å². The number of aromatic nitrogens is 12.